The Morgan fingerprint density at radius 3 is 2.02 bits per heavy atom. The average molecular weight is 655 g/mol. The Kier molecular flexibility index (Phi) is 11.1. The van der Waals surface area contributed by atoms with Gasteiger partial charge in [-0.05, 0) is 60.0 Å². The van der Waals surface area contributed by atoms with Gasteiger partial charge >= 0.3 is 18.3 Å². The summed E-state index contributed by atoms with van der Waals surface area (Å²) in [5, 5.41) is 11.0. The quantitative estimate of drug-likeness (QED) is 0.214. The third-order valence-corrected chi connectivity index (χ3v) is 7.10. The zero-order valence-electron chi connectivity index (χ0n) is 23.7. The number of carbonyl (C=O) groups excluding carboxylic acids is 2. The van der Waals surface area contributed by atoms with Gasteiger partial charge in [0.05, 0.1) is 11.1 Å². The van der Waals surface area contributed by atoms with E-state index in [0.29, 0.717) is 34.0 Å². The van der Waals surface area contributed by atoms with Gasteiger partial charge in [0.1, 0.15) is 0 Å². The Labute approximate surface area is 259 Å². The molecule has 3 unspecified atom stereocenters. The second kappa shape index (κ2) is 14.2. The lowest BCUT2D eigenvalue weighted by atomic mass is 9.81. The molecule has 3 atom stereocenters. The molecule has 3 aromatic carbocycles. The van der Waals surface area contributed by atoms with Crippen LogP contribution in [0.2, 0.25) is 5.02 Å². The molecule has 0 spiro atoms. The van der Waals surface area contributed by atoms with Crippen LogP contribution in [0.1, 0.15) is 51.9 Å². The lowest BCUT2D eigenvalue weighted by Crippen LogP contribution is -2.50. The third-order valence-electron chi connectivity index (χ3n) is 6.85. The molecule has 2 amide bonds. The summed E-state index contributed by atoms with van der Waals surface area (Å²) in [6.45, 7) is 1.89. The Morgan fingerprint density at radius 1 is 0.978 bits per heavy atom. The van der Waals surface area contributed by atoms with Crippen LogP contribution in [-0.4, -0.2) is 46.9 Å². The molecule has 45 heavy (non-hydrogen) atoms. The first-order valence-electron chi connectivity index (χ1n) is 13.3. The summed E-state index contributed by atoms with van der Waals surface area (Å²) in [7, 11) is 1.15. The van der Waals surface area contributed by atoms with Gasteiger partial charge in [0.15, 0.2) is 0 Å². The number of amides is 2. The number of hydrogen-bond donors (Lipinski definition) is 2. The number of aliphatic carboxylic acids is 1. The number of nitrogens with one attached hydrogen (secondary N) is 2. The van der Waals surface area contributed by atoms with Crippen molar-refractivity contribution in [3.8, 4) is 0 Å². The second-order valence-corrected chi connectivity index (χ2v) is 10.4. The van der Waals surface area contributed by atoms with Crippen LogP contribution in [0, 0.1) is 0 Å². The van der Waals surface area contributed by atoms with Gasteiger partial charge in [0, 0.05) is 41.4 Å². The summed E-state index contributed by atoms with van der Waals surface area (Å²) in [5.41, 5.74) is 5.86. The van der Waals surface area contributed by atoms with E-state index in [9.17, 15) is 40.7 Å². The van der Waals surface area contributed by atoms with E-state index in [1.54, 1.807) is 54.6 Å². The molecule has 4 rings (SSSR count). The molecule has 240 valence electrons. The molecule has 1 aliphatic heterocycles. The maximum absolute atomic E-state index is 13.5. The number of likely N-dealkylation sites (N-methyl/N-ethyl adjacent to an activating group) is 1. The molecule has 0 aromatic heterocycles. The molecule has 0 fully saturated rings. The summed E-state index contributed by atoms with van der Waals surface area (Å²) < 4.78 is 80.5. The minimum atomic E-state index is -5.15. The van der Waals surface area contributed by atoms with Crippen molar-refractivity contribution in [3.05, 3.63) is 117 Å². The first kappa shape index (κ1) is 35.1. The smallest absolute Gasteiger partial charge is 0.416 e. The van der Waals surface area contributed by atoms with Crippen LogP contribution in [0.5, 0.6) is 0 Å². The number of para-hydroxylation sites is 1. The highest BCUT2D eigenvalue weighted by molar-refractivity contribution is 6.30. The molecular formula is C31H27ClF6N3O4-. The van der Waals surface area contributed by atoms with Crippen molar-refractivity contribution in [2.24, 2.45) is 0 Å². The molecule has 3 N–H and O–H groups in total. The Hall–Kier alpha value is -4.36. The molecule has 1 heterocycles. The van der Waals surface area contributed by atoms with E-state index in [2.05, 4.69) is 5.32 Å². The number of alkyl halides is 6. The molecule has 1 aliphatic rings. The Balaban J connectivity index is 0.000000707. The molecule has 0 aliphatic carbocycles. The highest BCUT2D eigenvalue weighted by Gasteiger charge is 2.41. The van der Waals surface area contributed by atoms with E-state index in [1.807, 2.05) is 6.92 Å². The van der Waals surface area contributed by atoms with Crippen LogP contribution >= 0.6 is 11.6 Å². The largest absolute Gasteiger partial charge is 0.665 e. The van der Waals surface area contributed by atoms with Crippen LogP contribution in [0.15, 0.2) is 78.9 Å². The number of fused-ring (bicyclic) bond motifs is 1. The number of nitrogens with zero attached hydrogens (tertiary/aromatic N) is 1. The number of carbonyl (C=O) groups is 3. The van der Waals surface area contributed by atoms with Crippen LogP contribution in [0.3, 0.4) is 0 Å². The maximum atomic E-state index is 13.5. The molecule has 7 nitrogen and oxygen atoms in total. The summed E-state index contributed by atoms with van der Waals surface area (Å²) >= 11 is 6.02. The number of halogens is 7. The predicted molar refractivity (Wildman–Crippen MR) is 156 cm³/mol. The fraction of sp³-hybridized carbons (Fsp3) is 0.258. The lowest BCUT2D eigenvalue weighted by Gasteiger charge is -2.40. The Bertz CT molecular complexity index is 1540. The number of carboxylic acid groups (broad SMARTS) is 1. The topological polar surface area (TPSA) is 111 Å². The average Bonchev–Trinajstić information content (AvgIpc) is 3.08. The first-order chi connectivity index (χ1) is 20.9. The van der Waals surface area contributed by atoms with Crippen molar-refractivity contribution in [1.82, 2.24) is 4.90 Å². The highest BCUT2D eigenvalue weighted by atomic mass is 35.5. The van der Waals surface area contributed by atoms with E-state index < -0.39 is 64.8 Å². The van der Waals surface area contributed by atoms with Gasteiger partial charge < -0.3 is 21.1 Å². The van der Waals surface area contributed by atoms with Gasteiger partial charge in [-0.3, -0.25) is 9.59 Å². The van der Waals surface area contributed by atoms with Crippen LogP contribution in [-0.2, 0) is 21.9 Å². The second-order valence-electron chi connectivity index (χ2n) is 9.93. The monoisotopic (exact) mass is 654 g/mol. The molecule has 3 aromatic rings. The van der Waals surface area contributed by atoms with Gasteiger partial charge in [-0.1, -0.05) is 54.9 Å². The van der Waals surface area contributed by atoms with E-state index in [4.69, 9.17) is 22.4 Å². The van der Waals surface area contributed by atoms with Crippen LogP contribution < -0.4 is 5.32 Å². The van der Waals surface area contributed by atoms with Crippen LogP contribution in [0.4, 0.5) is 32.0 Å². The van der Waals surface area contributed by atoms with Gasteiger partial charge in [0.2, 0.25) is 5.91 Å². The standard InChI is InChI=1S/C26H19ClF6N3O2.C5H8O2/c1-36(24(38)14-10-15(25(28,29)30)12-16(11-14)26(31,32)33)22-20(13-6-8-17(27)9-7-13)18-4-2-3-5-19(18)35-23(37)21(22)34;1-2-3-4-5(6)7/h2-12,20-22,34H,1H3,(H,35,37);3-4H,2H2,1H3,(H,6,7)/q-1;. The number of hydrogen-bond acceptors (Lipinski definition) is 3. The number of allylic oxidation sites excluding steroid dienone is 1. The molecule has 0 radical (unpaired) electrons. The van der Waals surface area contributed by atoms with E-state index >= 15 is 0 Å². The van der Waals surface area contributed by atoms with E-state index in [-0.39, 0.29) is 6.07 Å². The molecule has 0 saturated heterocycles. The molecule has 0 bridgehead atoms. The third kappa shape index (κ3) is 8.64. The summed E-state index contributed by atoms with van der Waals surface area (Å²) in [6.07, 6.45) is -6.78. The van der Waals surface area contributed by atoms with Gasteiger partial charge in [-0.2, -0.15) is 26.3 Å². The van der Waals surface area contributed by atoms with Crippen molar-refractivity contribution in [2.45, 2.75) is 43.7 Å². The fourth-order valence-corrected chi connectivity index (χ4v) is 4.88. The van der Waals surface area contributed by atoms with Crippen molar-refractivity contribution in [3.63, 3.8) is 0 Å². The molecule has 14 heteroatoms. The fourth-order valence-electron chi connectivity index (χ4n) is 4.75. The zero-order chi connectivity index (χ0) is 33.7. The number of rotatable bonds is 5. The van der Waals surface area contributed by atoms with Crippen molar-refractivity contribution in [2.75, 3.05) is 12.4 Å². The van der Waals surface area contributed by atoms with Gasteiger partial charge in [-0.25, -0.2) is 4.79 Å². The summed E-state index contributed by atoms with van der Waals surface area (Å²) in [5.74, 6) is -3.73. The van der Waals surface area contributed by atoms with Gasteiger partial charge in [0.25, 0.3) is 5.91 Å². The minimum Gasteiger partial charge on any atom is -0.665 e. The van der Waals surface area contributed by atoms with Gasteiger partial charge in [-0.15, -0.1) is 0 Å². The summed E-state index contributed by atoms with van der Waals surface area (Å²) in [4.78, 5) is 36.9. The number of benzene rings is 3. The highest BCUT2D eigenvalue weighted by Crippen LogP contribution is 2.41. The molecular weight excluding hydrogens is 628 g/mol. The first-order valence-corrected chi connectivity index (χ1v) is 13.7. The van der Waals surface area contributed by atoms with Crippen molar-refractivity contribution < 1.29 is 45.8 Å². The Morgan fingerprint density at radius 2 is 1.53 bits per heavy atom. The SMILES string of the molecule is CCC=CC(=O)O.CN(C(=O)c1cc(C(F)(F)F)cc(C(F)(F)F)c1)C1C([NH-])C(=O)Nc2ccccc2C1c1ccc(Cl)cc1. The number of carboxylic acids is 1. The van der Waals surface area contributed by atoms with Crippen LogP contribution in [0.25, 0.3) is 5.73 Å². The lowest BCUT2D eigenvalue weighted by molar-refractivity contribution is -0.143. The zero-order valence-corrected chi connectivity index (χ0v) is 24.5. The normalized spacial score (nSPS) is 18.3. The minimum absolute atomic E-state index is 0.0735. The van der Waals surface area contributed by atoms with Crippen molar-refractivity contribution in [1.29, 1.82) is 0 Å². The van der Waals surface area contributed by atoms with Crippen molar-refractivity contribution >= 4 is 35.1 Å². The molecule has 0 saturated carbocycles. The van der Waals surface area contributed by atoms with E-state index in [0.717, 1.165) is 24.4 Å². The number of anilines is 1. The summed E-state index contributed by atoms with van der Waals surface area (Å²) in [6, 6.07) is 10.5. The van der Waals surface area contributed by atoms with E-state index in [1.165, 1.54) is 0 Å². The predicted octanol–water partition coefficient (Wildman–Crippen LogP) is 8.06. The maximum Gasteiger partial charge on any atom is 0.416 e.